The van der Waals surface area contributed by atoms with Crippen molar-refractivity contribution in [1.29, 1.82) is 0 Å². The summed E-state index contributed by atoms with van der Waals surface area (Å²) in [5.74, 6) is -1.20. The largest absolute Gasteiger partial charge is 0.480 e. The van der Waals surface area contributed by atoms with Gasteiger partial charge in [0.25, 0.3) is 0 Å². The summed E-state index contributed by atoms with van der Waals surface area (Å²) in [6.07, 6.45) is 2.98. The zero-order valence-electron chi connectivity index (χ0n) is 10.6. The standard InChI is InChI=1S/C12H22N2O3/c1-3-6-12(2,11(16)17)14-10(15)9-5-4-7-13-8-9/h9,13H,3-8H2,1-2H3,(H,14,15)(H,16,17). The van der Waals surface area contributed by atoms with E-state index in [0.29, 0.717) is 13.0 Å². The van der Waals surface area contributed by atoms with E-state index in [1.54, 1.807) is 6.92 Å². The van der Waals surface area contributed by atoms with E-state index in [0.717, 1.165) is 25.8 Å². The second-order valence-corrected chi connectivity index (χ2v) is 4.92. The van der Waals surface area contributed by atoms with Crippen LogP contribution in [-0.4, -0.2) is 35.6 Å². The van der Waals surface area contributed by atoms with Crippen molar-refractivity contribution in [3.63, 3.8) is 0 Å². The van der Waals surface area contributed by atoms with Gasteiger partial charge in [0.05, 0.1) is 5.92 Å². The number of carbonyl (C=O) groups is 2. The molecular formula is C12H22N2O3. The van der Waals surface area contributed by atoms with Gasteiger partial charge in [0.15, 0.2) is 0 Å². The van der Waals surface area contributed by atoms with Crippen molar-refractivity contribution in [2.75, 3.05) is 13.1 Å². The molecule has 1 aliphatic rings. The Morgan fingerprint density at radius 2 is 2.24 bits per heavy atom. The molecular weight excluding hydrogens is 220 g/mol. The van der Waals surface area contributed by atoms with E-state index in [2.05, 4.69) is 10.6 Å². The van der Waals surface area contributed by atoms with Crippen LogP contribution in [0.4, 0.5) is 0 Å². The topological polar surface area (TPSA) is 78.4 Å². The van der Waals surface area contributed by atoms with Crippen molar-refractivity contribution in [3.05, 3.63) is 0 Å². The molecule has 3 N–H and O–H groups in total. The van der Waals surface area contributed by atoms with E-state index < -0.39 is 11.5 Å². The molecule has 0 aromatic rings. The summed E-state index contributed by atoms with van der Waals surface area (Å²) in [4.78, 5) is 23.2. The van der Waals surface area contributed by atoms with Crippen molar-refractivity contribution >= 4 is 11.9 Å². The molecule has 2 atom stereocenters. The van der Waals surface area contributed by atoms with Gasteiger partial charge in [-0.2, -0.15) is 0 Å². The molecule has 1 heterocycles. The highest BCUT2D eigenvalue weighted by atomic mass is 16.4. The summed E-state index contributed by atoms with van der Waals surface area (Å²) in [7, 11) is 0. The Labute approximate surface area is 102 Å². The minimum Gasteiger partial charge on any atom is -0.480 e. The first kappa shape index (κ1) is 14.0. The van der Waals surface area contributed by atoms with Crippen LogP contribution in [0.15, 0.2) is 0 Å². The Kier molecular flexibility index (Phi) is 4.93. The highest BCUT2D eigenvalue weighted by molar-refractivity contribution is 5.87. The first-order valence-corrected chi connectivity index (χ1v) is 6.25. The summed E-state index contributed by atoms with van der Waals surface area (Å²) in [6.45, 7) is 5.07. The first-order valence-electron chi connectivity index (χ1n) is 6.25. The second kappa shape index (κ2) is 6.00. The number of hydrogen-bond acceptors (Lipinski definition) is 3. The van der Waals surface area contributed by atoms with Crippen LogP contribution < -0.4 is 10.6 Å². The van der Waals surface area contributed by atoms with E-state index in [-0.39, 0.29) is 11.8 Å². The summed E-state index contributed by atoms with van der Waals surface area (Å²) in [6, 6.07) is 0. The zero-order valence-corrected chi connectivity index (χ0v) is 10.6. The molecule has 5 nitrogen and oxygen atoms in total. The highest BCUT2D eigenvalue weighted by Crippen LogP contribution is 2.16. The second-order valence-electron chi connectivity index (χ2n) is 4.92. The molecule has 0 spiro atoms. The summed E-state index contributed by atoms with van der Waals surface area (Å²) in [5.41, 5.74) is -1.14. The normalized spacial score (nSPS) is 23.8. The van der Waals surface area contributed by atoms with Crippen molar-refractivity contribution in [2.45, 2.75) is 45.1 Å². The lowest BCUT2D eigenvalue weighted by molar-refractivity contribution is -0.148. The van der Waals surface area contributed by atoms with Crippen LogP contribution in [0.25, 0.3) is 0 Å². The molecule has 1 amide bonds. The molecule has 0 bridgehead atoms. The van der Waals surface area contributed by atoms with Gasteiger partial charge in [-0.05, 0) is 32.7 Å². The van der Waals surface area contributed by atoms with Crippen molar-refractivity contribution in [2.24, 2.45) is 5.92 Å². The van der Waals surface area contributed by atoms with Crippen LogP contribution in [-0.2, 0) is 9.59 Å². The number of rotatable bonds is 5. The van der Waals surface area contributed by atoms with Gasteiger partial charge in [-0.3, -0.25) is 4.79 Å². The molecule has 0 aromatic heterocycles. The third-order valence-corrected chi connectivity index (χ3v) is 3.29. The Balaban J connectivity index is 2.60. The molecule has 0 radical (unpaired) electrons. The minimum atomic E-state index is -1.14. The summed E-state index contributed by atoms with van der Waals surface area (Å²) < 4.78 is 0. The Hall–Kier alpha value is -1.10. The highest BCUT2D eigenvalue weighted by Gasteiger charge is 2.35. The number of piperidine rings is 1. The molecule has 17 heavy (non-hydrogen) atoms. The van der Waals surface area contributed by atoms with Gasteiger partial charge < -0.3 is 15.7 Å². The number of amides is 1. The molecule has 2 unspecified atom stereocenters. The molecule has 1 fully saturated rings. The maximum atomic E-state index is 12.0. The third kappa shape index (κ3) is 3.70. The lowest BCUT2D eigenvalue weighted by atomic mass is 9.93. The lowest BCUT2D eigenvalue weighted by Gasteiger charge is -2.29. The summed E-state index contributed by atoms with van der Waals surface area (Å²) >= 11 is 0. The molecule has 1 aliphatic heterocycles. The fraction of sp³-hybridized carbons (Fsp3) is 0.833. The van der Waals surface area contributed by atoms with Gasteiger partial charge in [-0.25, -0.2) is 4.79 Å². The minimum absolute atomic E-state index is 0.0979. The Morgan fingerprint density at radius 3 is 2.71 bits per heavy atom. The van der Waals surface area contributed by atoms with E-state index in [9.17, 15) is 14.7 Å². The zero-order chi connectivity index (χ0) is 12.9. The lowest BCUT2D eigenvalue weighted by Crippen LogP contribution is -2.55. The number of carboxylic acid groups (broad SMARTS) is 1. The van der Waals surface area contributed by atoms with E-state index in [1.807, 2.05) is 6.92 Å². The molecule has 5 heteroatoms. The Bertz CT molecular complexity index is 287. The molecule has 0 aliphatic carbocycles. The average molecular weight is 242 g/mol. The number of nitrogens with one attached hydrogen (secondary N) is 2. The van der Waals surface area contributed by atoms with Crippen LogP contribution in [0.5, 0.6) is 0 Å². The summed E-state index contributed by atoms with van der Waals surface area (Å²) in [5, 5.41) is 15.0. The smallest absolute Gasteiger partial charge is 0.329 e. The van der Waals surface area contributed by atoms with Gasteiger partial charge in [-0.1, -0.05) is 13.3 Å². The fourth-order valence-electron chi connectivity index (χ4n) is 2.17. The quantitative estimate of drug-likeness (QED) is 0.664. The number of aliphatic carboxylic acids is 1. The van der Waals surface area contributed by atoms with Gasteiger partial charge >= 0.3 is 5.97 Å². The number of carbonyl (C=O) groups excluding carboxylic acids is 1. The van der Waals surface area contributed by atoms with Gasteiger partial charge in [0.2, 0.25) is 5.91 Å². The molecule has 1 saturated heterocycles. The fourth-order valence-corrected chi connectivity index (χ4v) is 2.17. The van der Waals surface area contributed by atoms with Crippen LogP contribution >= 0.6 is 0 Å². The SMILES string of the molecule is CCCC(C)(NC(=O)C1CCCNC1)C(=O)O. The number of hydrogen-bond donors (Lipinski definition) is 3. The maximum Gasteiger partial charge on any atom is 0.329 e. The van der Waals surface area contributed by atoms with Crippen molar-refractivity contribution in [1.82, 2.24) is 10.6 Å². The third-order valence-electron chi connectivity index (χ3n) is 3.29. The van der Waals surface area contributed by atoms with Crippen LogP contribution in [0.2, 0.25) is 0 Å². The molecule has 0 saturated carbocycles. The van der Waals surface area contributed by atoms with Gasteiger partial charge in [0, 0.05) is 6.54 Å². The van der Waals surface area contributed by atoms with Crippen molar-refractivity contribution in [3.8, 4) is 0 Å². The van der Waals surface area contributed by atoms with Gasteiger partial charge in [-0.15, -0.1) is 0 Å². The average Bonchev–Trinajstić information content (AvgIpc) is 2.30. The van der Waals surface area contributed by atoms with E-state index in [1.165, 1.54) is 0 Å². The predicted molar refractivity (Wildman–Crippen MR) is 64.7 cm³/mol. The molecule has 98 valence electrons. The van der Waals surface area contributed by atoms with Crippen LogP contribution in [0.1, 0.15) is 39.5 Å². The maximum absolute atomic E-state index is 12.0. The van der Waals surface area contributed by atoms with E-state index >= 15 is 0 Å². The number of carboxylic acids is 1. The predicted octanol–water partition coefficient (Wildman–Crippen LogP) is 0.746. The van der Waals surface area contributed by atoms with Crippen LogP contribution in [0.3, 0.4) is 0 Å². The van der Waals surface area contributed by atoms with E-state index in [4.69, 9.17) is 0 Å². The first-order chi connectivity index (χ1) is 7.99. The van der Waals surface area contributed by atoms with Crippen molar-refractivity contribution < 1.29 is 14.7 Å². The molecule has 0 aromatic carbocycles. The Morgan fingerprint density at radius 1 is 1.53 bits per heavy atom. The monoisotopic (exact) mass is 242 g/mol. The molecule has 1 rings (SSSR count). The van der Waals surface area contributed by atoms with Gasteiger partial charge in [0.1, 0.15) is 5.54 Å². The van der Waals surface area contributed by atoms with Crippen LogP contribution in [0, 0.1) is 5.92 Å².